The molecule has 5 rings (SSSR count). The average molecular weight is 366 g/mol. The number of benzene rings is 1. The highest BCUT2D eigenvalue weighted by atomic mass is 16.5. The molecule has 3 aliphatic heterocycles. The predicted molar refractivity (Wildman–Crippen MR) is 104 cm³/mol. The van der Waals surface area contributed by atoms with Gasteiger partial charge in [0, 0.05) is 31.3 Å². The molecule has 2 aromatic rings. The number of carbonyl (C=O) groups is 1. The van der Waals surface area contributed by atoms with E-state index in [1.807, 2.05) is 44.2 Å². The van der Waals surface area contributed by atoms with Crippen LogP contribution in [0.1, 0.15) is 29.9 Å². The number of rotatable bonds is 5. The molecule has 2 atom stereocenters. The molecule has 0 aliphatic carbocycles. The fraction of sp³-hybridized carbons (Fsp3) is 0.476. The Kier molecular flexibility index (Phi) is 4.72. The molecule has 1 aromatic heterocycles. The summed E-state index contributed by atoms with van der Waals surface area (Å²) in [6.45, 7) is 5.65. The highest BCUT2D eigenvalue weighted by Crippen LogP contribution is 2.35. The molecule has 3 fully saturated rings. The third-order valence-electron chi connectivity index (χ3n) is 5.54. The molecule has 1 amide bonds. The zero-order valence-electron chi connectivity index (χ0n) is 16.2. The summed E-state index contributed by atoms with van der Waals surface area (Å²) in [6.07, 6.45) is 2.44. The van der Waals surface area contributed by atoms with E-state index < -0.39 is 0 Å². The average Bonchev–Trinajstić information content (AvgIpc) is 2.66. The first kappa shape index (κ1) is 17.8. The second-order valence-electron chi connectivity index (χ2n) is 7.51. The number of fused-ring (bicyclic) bond motifs is 2. The van der Waals surface area contributed by atoms with Crippen LogP contribution in [0.4, 0.5) is 5.82 Å². The number of carbonyl (C=O) groups excluding carboxylic acids is 1. The van der Waals surface area contributed by atoms with Crippen molar-refractivity contribution in [2.75, 3.05) is 25.1 Å². The molecular weight excluding hydrogens is 340 g/mol. The van der Waals surface area contributed by atoms with Gasteiger partial charge in [-0.05, 0) is 44.4 Å². The quantitative estimate of drug-likeness (QED) is 0.814. The molecule has 4 heterocycles. The third kappa shape index (κ3) is 3.61. The number of hydrogen-bond donors (Lipinski definition) is 0. The van der Waals surface area contributed by atoms with Crippen molar-refractivity contribution in [2.45, 2.75) is 45.2 Å². The highest BCUT2D eigenvalue weighted by molar-refractivity contribution is 5.78. The molecule has 0 saturated carbocycles. The minimum Gasteiger partial charge on any atom is -0.497 e. The number of aromatic nitrogens is 2. The molecule has 2 bridgehead atoms. The van der Waals surface area contributed by atoms with E-state index >= 15 is 0 Å². The molecule has 3 aliphatic rings. The molecule has 0 spiro atoms. The van der Waals surface area contributed by atoms with Crippen molar-refractivity contribution in [3.63, 3.8) is 0 Å². The largest absolute Gasteiger partial charge is 0.497 e. The Labute approximate surface area is 160 Å². The van der Waals surface area contributed by atoms with Crippen LogP contribution in [0.2, 0.25) is 0 Å². The van der Waals surface area contributed by atoms with Gasteiger partial charge in [-0.15, -0.1) is 0 Å². The van der Waals surface area contributed by atoms with Crippen LogP contribution in [-0.2, 0) is 11.2 Å². The van der Waals surface area contributed by atoms with Gasteiger partial charge in [-0.25, -0.2) is 9.97 Å². The minimum atomic E-state index is 0.266. The van der Waals surface area contributed by atoms with Gasteiger partial charge in [0.1, 0.15) is 17.4 Å². The van der Waals surface area contributed by atoms with E-state index in [1.54, 1.807) is 7.11 Å². The summed E-state index contributed by atoms with van der Waals surface area (Å²) in [5.74, 6) is 2.90. The number of hydrogen-bond acceptors (Lipinski definition) is 5. The van der Waals surface area contributed by atoms with E-state index in [9.17, 15) is 4.79 Å². The zero-order valence-corrected chi connectivity index (χ0v) is 16.2. The normalized spacial score (nSPS) is 21.0. The van der Waals surface area contributed by atoms with Gasteiger partial charge in [-0.1, -0.05) is 12.1 Å². The first-order valence-electron chi connectivity index (χ1n) is 9.55. The number of anilines is 1. The maximum absolute atomic E-state index is 12.7. The van der Waals surface area contributed by atoms with Crippen molar-refractivity contribution in [2.24, 2.45) is 0 Å². The van der Waals surface area contributed by atoms with Crippen molar-refractivity contribution < 1.29 is 9.53 Å². The summed E-state index contributed by atoms with van der Waals surface area (Å²) in [5.41, 5.74) is 2.16. The van der Waals surface area contributed by atoms with Crippen LogP contribution in [0.25, 0.3) is 0 Å². The van der Waals surface area contributed by atoms with Gasteiger partial charge in [-0.3, -0.25) is 4.79 Å². The summed E-state index contributed by atoms with van der Waals surface area (Å²) >= 11 is 0. The van der Waals surface area contributed by atoms with E-state index in [0.717, 1.165) is 49.0 Å². The summed E-state index contributed by atoms with van der Waals surface area (Å²) in [6, 6.07) is 10.6. The van der Waals surface area contributed by atoms with E-state index in [2.05, 4.69) is 19.8 Å². The third-order valence-corrected chi connectivity index (χ3v) is 5.54. The lowest BCUT2D eigenvalue weighted by molar-refractivity contribution is -0.146. The maximum atomic E-state index is 12.7. The summed E-state index contributed by atoms with van der Waals surface area (Å²) < 4.78 is 5.18. The summed E-state index contributed by atoms with van der Waals surface area (Å²) in [5, 5.41) is 0. The molecular formula is C21H26N4O2. The van der Waals surface area contributed by atoms with Crippen molar-refractivity contribution in [1.29, 1.82) is 0 Å². The first-order valence-corrected chi connectivity index (χ1v) is 9.55. The van der Waals surface area contributed by atoms with Crippen molar-refractivity contribution in [3.05, 3.63) is 47.4 Å². The van der Waals surface area contributed by atoms with Gasteiger partial charge in [0.25, 0.3) is 0 Å². The van der Waals surface area contributed by atoms with Gasteiger partial charge < -0.3 is 14.5 Å². The van der Waals surface area contributed by atoms with Crippen molar-refractivity contribution in [3.8, 4) is 5.75 Å². The second-order valence-corrected chi connectivity index (χ2v) is 7.51. The van der Waals surface area contributed by atoms with E-state index in [-0.39, 0.29) is 5.91 Å². The minimum absolute atomic E-state index is 0.266. The SMILES string of the molecule is COc1ccc(CCC(=O)N2C3CC2CN(c2cc(C)nc(C)n2)C3)cc1. The topological polar surface area (TPSA) is 58.6 Å². The lowest BCUT2D eigenvalue weighted by Gasteiger charge is -2.56. The molecule has 6 heteroatoms. The van der Waals surface area contributed by atoms with Crippen molar-refractivity contribution >= 4 is 11.7 Å². The Morgan fingerprint density at radius 1 is 1.15 bits per heavy atom. The van der Waals surface area contributed by atoms with Crippen LogP contribution >= 0.6 is 0 Å². The van der Waals surface area contributed by atoms with Gasteiger partial charge in [-0.2, -0.15) is 0 Å². The summed E-state index contributed by atoms with van der Waals surface area (Å²) in [4.78, 5) is 26.1. The number of nitrogens with zero attached hydrogens (tertiary/aromatic N) is 4. The molecule has 0 radical (unpaired) electrons. The van der Waals surface area contributed by atoms with Crippen LogP contribution in [0.3, 0.4) is 0 Å². The fourth-order valence-electron chi connectivity index (χ4n) is 4.24. The number of aryl methyl sites for hydroxylation is 3. The van der Waals surface area contributed by atoms with Crippen molar-refractivity contribution in [1.82, 2.24) is 14.9 Å². The van der Waals surface area contributed by atoms with E-state index in [4.69, 9.17) is 4.74 Å². The Balaban J connectivity index is 1.34. The van der Waals surface area contributed by atoms with E-state index in [0.29, 0.717) is 18.5 Å². The van der Waals surface area contributed by atoms with Crippen LogP contribution in [0.15, 0.2) is 30.3 Å². The Morgan fingerprint density at radius 3 is 2.48 bits per heavy atom. The monoisotopic (exact) mass is 366 g/mol. The lowest BCUT2D eigenvalue weighted by atomic mass is 9.86. The van der Waals surface area contributed by atoms with Crippen LogP contribution in [0.5, 0.6) is 5.75 Å². The van der Waals surface area contributed by atoms with Gasteiger partial charge in [0.05, 0.1) is 19.2 Å². The zero-order chi connectivity index (χ0) is 19.0. The van der Waals surface area contributed by atoms with Crippen LogP contribution in [-0.4, -0.2) is 53.1 Å². The molecule has 3 saturated heterocycles. The molecule has 27 heavy (non-hydrogen) atoms. The second kappa shape index (κ2) is 7.18. The smallest absolute Gasteiger partial charge is 0.223 e. The fourth-order valence-corrected chi connectivity index (χ4v) is 4.24. The number of piperazine rings is 1. The van der Waals surface area contributed by atoms with E-state index in [1.165, 1.54) is 5.56 Å². The standard InChI is InChI=1S/C21H26N4O2/c1-14-10-20(23-15(2)22-14)24-12-17-11-18(13-24)25(17)21(26)9-6-16-4-7-19(27-3)8-5-16/h4-5,7-8,10,17-18H,6,9,11-13H2,1-3H3. The first-order chi connectivity index (χ1) is 13.0. The maximum Gasteiger partial charge on any atom is 0.223 e. The molecule has 1 aromatic carbocycles. The summed E-state index contributed by atoms with van der Waals surface area (Å²) in [7, 11) is 1.66. The number of methoxy groups -OCH3 is 1. The van der Waals surface area contributed by atoms with Crippen LogP contribution in [0, 0.1) is 13.8 Å². The van der Waals surface area contributed by atoms with Crippen LogP contribution < -0.4 is 9.64 Å². The number of amides is 1. The Morgan fingerprint density at radius 2 is 1.85 bits per heavy atom. The highest BCUT2D eigenvalue weighted by Gasteiger charge is 2.47. The lowest BCUT2D eigenvalue weighted by Crippen LogP contribution is -2.70. The van der Waals surface area contributed by atoms with Gasteiger partial charge in [0.2, 0.25) is 5.91 Å². The van der Waals surface area contributed by atoms with Gasteiger partial charge in [0.15, 0.2) is 0 Å². The van der Waals surface area contributed by atoms with Gasteiger partial charge >= 0.3 is 0 Å². The molecule has 142 valence electrons. The molecule has 2 unspecified atom stereocenters. The Bertz CT molecular complexity index is 804. The Hall–Kier alpha value is -2.63. The molecule has 0 N–H and O–H groups in total. The molecule has 6 nitrogen and oxygen atoms in total. The predicted octanol–water partition coefficient (Wildman–Crippen LogP) is 2.52. The number of ether oxygens (including phenoxy) is 1. The number of piperidine rings is 1.